The van der Waals surface area contributed by atoms with Gasteiger partial charge in [-0.05, 0) is 12.8 Å². The van der Waals surface area contributed by atoms with Gasteiger partial charge in [0.25, 0.3) is 10.1 Å². The molecule has 3 N–H and O–H groups in total. The Labute approximate surface area is 199 Å². The Balaban J connectivity index is -0.00000364. The van der Waals surface area contributed by atoms with Crippen LogP contribution in [-0.4, -0.2) is 39.9 Å². The molecule has 0 amide bonds. The number of carboxylic acid groups (broad SMARTS) is 2. The van der Waals surface area contributed by atoms with Crippen molar-refractivity contribution in [3.05, 3.63) is 0 Å². The van der Waals surface area contributed by atoms with Crippen molar-refractivity contribution < 1.29 is 63.8 Å². The van der Waals surface area contributed by atoms with Crippen molar-refractivity contribution in [3.63, 3.8) is 0 Å². The van der Waals surface area contributed by atoms with Gasteiger partial charge in [-0.15, -0.1) is 0 Å². The van der Waals surface area contributed by atoms with E-state index >= 15 is 0 Å². The first-order valence-corrected chi connectivity index (χ1v) is 12.0. The van der Waals surface area contributed by atoms with E-state index in [0.717, 1.165) is 51.4 Å². The van der Waals surface area contributed by atoms with E-state index in [1.165, 1.54) is 0 Å². The summed E-state index contributed by atoms with van der Waals surface area (Å²) in [7, 11) is -5.10. The number of rotatable bonds is 18. The minimum absolute atomic E-state index is 0. The Morgan fingerprint density at radius 1 is 0.828 bits per heavy atom. The summed E-state index contributed by atoms with van der Waals surface area (Å²) in [5, 5.41) is 19.3. The Morgan fingerprint density at radius 3 is 1.62 bits per heavy atom. The number of carboxylic acids is 2. The van der Waals surface area contributed by atoms with Crippen molar-refractivity contribution in [1.82, 2.24) is 0 Å². The summed E-state index contributed by atoms with van der Waals surface area (Å²) in [6.07, 6.45) is 9.43. The molecule has 0 saturated heterocycles. The molecule has 0 aliphatic heterocycles. The topological polar surface area (TPSA) is 129 Å². The molecule has 0 heterocycles. The maximum Gasteiger partial charge on any atom is 1.00 e. The molecule has 9 heteroatoms. The Kier molecular flexibility index (Phi) is 17.7. The van der Waals surface area contributed by atoms with E-state index in [4.69, 9.17) is 0 Å². The molecule has 2 unspecified atom stereocenters. The minimum Gasteiger partial charge on any atom is -1.00 e. The van der Waals surface area contributed by atoms with Crippen LogP contribution in [0.25, 0.3) is 0 Å². The van der Waals surface area contributed by atoms with Gasteiger partial charge in [0.15, 0.2) is 0 Å². The van der Waals surface area contributed by atoms with Gasteiger partial charge in [-0.1, -0.05) is 90.9 Å². The van der Waals surface area contributed by atoms with Crippen LogP contribution in [0.4, 0.5) is 0 Å². The van der Waals surface area contributed by atoms with Gasteiger partial charge < -0.3 is 11.6 Å². The van der Waals surface area contributed by atoms with Crippen LogP contribution in [0.3, 0.4) is 0 Å². The second kappa shape index (κ2) is 16.5. The summed E-state index contributed by atoms with van der Waals surface area (Å²) in [5.74, 6) is -4.93. The molecule has 0 rings (SSSR count). The van der Waals surface area contributed by atoms with E-state index in [2.05, 4.69) is 13.8 Å². The SMILES string of the molecule is CCCCCCCCC(C(=O)O)C(CCCCCCCC)(C(=O)O)S(=O)(=O)O.[H-].[Na+]. The van der Waals surface area contributed by atoms with E-state index in [-0.39, 0.29) is 50.2 Å². The van der Waals surface area contributed by atoms with Crippen LogP contribution >= 0.6 is 0 Å². The summed E-state index contributed by atoms with van der Waals surface area (Å²) in [4.78, 5) is 23.8. The minimum atomic E-state index is -5.10. The molecule has 29 heavy (non-hydrogen) atoms. The van der Waals surface area contributed by atoms with Crippen molar-refractivity contribution in [2.45, 2.75) is 108 Å². The Hall–Kier alpha value is -0.150. The van der Waals surface area contributed by atoms with Crippen LogP contribution in [0.2, 0.25) is 0 Å². The molecule has 7 nitrogen and oxygen atoms in total. The predicted octanol–water partition coefficient (Wildman–Crippen LogP) is 2.02. The van der Waals surface area contributed by atoms with E-state index in [1.54, 1.807) is 0 Å². The average Bonchev–Trinajstić information content (AvgIpc) is 2.60. The van der Waals surface area contributed by atoms with Gasteiger partial charge in [-0.25, -0.2) is 0 Å². The fraction of sp³-hybridized carbons (Fsp3) is 0.900. The van der Waals surface area contributed by atoms with Gasteiger partial charge in [0, 0.05) is 0 Å². The maximum atomic E-state index is 12.1. The van der Waals surface area contributed by atoms with Crippen molar-refractivity contribution in [2.75, 3.05) is 0 Å². The first kappa shape index (κ1) is 31.0. The molecule has 0 aliphatic carbocycles. The van der Waals surface area contributed by atoms with Gasteiger partial charge in [0.1, 0.15) is 0 Å². The standard InChI is InChI=1S/C20H38O7S.Na.H/c1-3-5-7-9-11-13-15-17(18(21)22)20(19(23)24,28(25,26)27)16-14-12-10-8-6-4-2;;/h17H,3-16H2,1-2H3,(H,21,22)(H,23,24)(H,25,26,27);;/q;+1;-1. The van der Waals surface area contributed by atoms with E-state index in [1.807, 2.05) is 0 Å². The largest absolute Gasteiger partial charge is 1.00 e. The number of hydrogen-bond donors (Lipinski definition) is 3. The third-order valence-electron chi connectivity index (χ3n) is 5.43. The van der Waals surface area contributed by atoms with Gasteiger partial charge in [-0.2, -0.15) is 8.42 Å². The average molecular weight is 447 g/mol. The molecule has 2 atom stereocenters. The van der Waals surface area contributed by atoms with Gasteiger partial charge in [0.2, 0.25) is 4.75 Å². The number of carbonyl (C=O) groups is 2. The van der Waals surface area contributed by atoms with Crippen LogP contribution in [0, 0.1) is 5.92 Å². The van der Waals surface area contributed by atoms with Gasteiger partial charge in [0.05, 0.1) is 5.92 Å². The summed E-state index contributed by atoms with van der Waals surface area (Å²) >= 11 is 0. The van der Waals surface area contributed by atoms with E-state index < -0.39 is 32.7 Å². The fourth-order valence-electron chi connectivity index (χ4n) is 3.70. The molecule has 0 aliphatic rings. The zero-order valence-corrected chi connectivity index (χ0v) is 21.2. The normalized spacial score (nSPS) is 14.6. The molecule has 0 fully saturated rings. The smallest absolute Gasteiger partial charge is 1.00 e. The molecule has 0 spiro atoms. The molecule has 0 aromatic heterocycles. The number of unbranched alkanes of at least 4 members (excludes halogenated alkanes) is 10. The third-order valence-corrected chi connectivity index (χ3v) is 7.02. The summed E-state index contributed by atoms with van der Waals surface area (Å²) in [5.41, 5.74) is 0. The van der Waals surface area contributed by atoms with Gasteiger partial charge in [-0.3, -0.25) is 14.1 Å². The van der Waals surface area contributed by atoms with E-state index in [9.17, 15) is 32.8 Å². The zero-order chi connectivity index (χ0) is 21.6. The van der Waals surface area contributed by atoms with Crippen LogP contribution in [0.1, 0.15) is 105 Å². The van der Waals surface area contributed by atoms with E-state index in [0.29, 0.717) is 19.3 Å². The fourth-order valence-corrected chi connectivity index (χ4v) is 4.90. The van der Waals surface area contributed by atoms with Gasteiger partial charge >= 0.3 is 41.5 Å². The summed E-state index contributed by atoms with van der Waals surface area (Å²) < 4.78 is 31.3. The second-order valence-electron chi connectivity index (χ2n) is 7.63. The van der Waals surface area contributed by atoms with Crippen LogP contribution in [-0.2, 0) is 19.7 Å². The van der Waals surface area contributed by atoms with Crippen molar-refractivity contribution in [2.24, 2.45) is 5.92 Å². The number of aliphatic carboxylic acids is 2. The van der Waals surface area contributed by atoms with Crippen LogP contribution in [0.5, 0.6) is 0 Å². The molecular formula is C20H39NaO7S. The molecule has 0 aromatic rings. The predicted molar refractivity (Wildman–Crippen MR) is 110 cm³/mol. The summed E-state index contributed by atoms with van der Waals surface area (Å²) in [6, 6.07) is 0. The second-order valence-corrected chi connectivity index (χ2v) is 9.31. The van der Waals surface area contributed by atoms with Crippen molar-refractivity contribution in [1.29, 1.82) is 0 Å². The maximum absolute atomic E-state index is 12.1. The van der Waals surface area contributed by atoms with Crippen molar-refractivity contribution in [3.8, 4) is 0 Å². The third kappa shape index (κ3) is 10.6. The number of hydrogen-bond acceptors (Lipinski definition) is 4. The van der Waals surface area contributed by atoms with Crippen molar-refractivity contribution >= 4 is 22.1 Å². The summed E-state index contributed by atoms with van der Waals surface area (Å²) in [6.45, 7) is 4.14. The Morgan fingerprint density at radius 2 is 1.24 bits per heavy atom. The van der Waals surface area contributed by atoms with Crippen LogP contribution < -0.4 is 29.6 Å². The molecule has 168 valence electrons. The first-order valence-electron chi connectivity index (χ1n) is 10.6. The first-order chi connectivity index (χ1) is 13.1. The monoisotopic (exact) mass is 446 g/mol. The quantitative estimate of drug-likeness (QED) is 0.167. The molecule has 0 saturated carbocycles. The molecule has 0 bridgehead atoms. The molecular weight excluding hydrogens is 407 g/mol. The molecule has 0 radical (unpaired) electrons. The molecule has 0 aromatic carbocycles. The Bertz CT molecular complexity index is 572. The zero-order valence-electron chi connectivity index (χ0n) is 19.4. The van der Waals surface area contributed by atoms with Crippen LogP contribution in [0.15, 0.2) is 0 Å².